The van der Waals surface area contributed by atoms with Crippen molar-refractivity contribution in [3.8, 4) is 28.5 Å². The Morgan fingerprint density at radius 2 is 1.60 bits per heavy atom. The average molecular weight is 443 g/mol. The first-order valence-electron chi connectivity index (χ1n) is 9.37. The lowest BCUT2D eigenvalue weighted by molar-refractivity contribution is 1.31. The van der Waals surface area contributed by atoms with Gasteiger partial charge < -0.3 is 0 Å². The third kappa shape index (κ3) is 3.32. The Labute approximate surface area is 188 Å². The van der Waals surface area contributed by atoms with Crippen LogP contribution in [0.15, 0.2) is 95.2 Å². The zero-order valence-electron chi connectivity index (χ0n) is 15.7. The van der Waals surface area contributed by atoms with Crippen LogP contribution < -0.4 is 0 Å². The van der Waals surface area contributed by atoms with Crippen molar-refractivity contribution in [2.24, 2.45) is 0 Å². The van der Waals surface area contributed by atoms with Gasteiger partial charge in [0, 0.05) is 26.4 Å². The number of fused-ring (bicyclic) bond motifs is 1. The number of nitriles is 1. The van der Waals surface area contributed by atoms with Crippen LogP contribution in [0.3, 0.4) is 0 Å². The fourth-order valence-corrected chi connectivity index (χ4v) is 5.46. The van der Waals surface area contributed by atoms with Crippen LogP contribution >= 0.6 is 34.9 Å². The van der Waals surface area contributed by atoms with Crippen molar-refractivity contribution < 1.29 is 0 Å². The van der Waals surface area contributed by atoms with E-state index in [9.17, 15) is 5.26 Å². The third-order valence-electron chi connectivity index (χ3n) is 4.93. The second kappa shape index (κ2) is 8.04. The lowest BCUT2D eigenvalue weighted by atomic mass is 9.99. The van der Waals surface area contributed by atoms with Crippen LogP contribution in [-0.2, 0) is 0 Å². The van der Waals surface area contributed by atoms with Gasteiger partial charge in [0.1, 0.15) is 10.9 Å². The van der Waals surface area contributed by atoms with Gasteiger partial charge in [0.15, 0.2) is 0 Å². The summed E-state index contributed by atoms with van der Waals surface area (Å²) < 4.78 is 2.27. The highest BCUT2D eigenvalue weighted by atomic mass is 35.5. The summed E-state index contributed by atoms with van der Waals surface area (Å²) in [5, 5.41) is 13.5. The Morgan fingerprint density at radius 1 is 0.867 bits per heavy atom. The fraction of sp³-hybridized carbons (Fsp3) is 0. The molecule has 0 spiro atoms. The Hall–Kier alpha value is -2.97. The molecular weight excluding hydrogens is 428 g/mol. The summed E-state index contributed by atoms with van der Waals surface area (Å²) in [6.45, 7) is 0. The molecule has 0 radical (unpaired) electrons. The quantitative estimate of drug-likeness (QED) is 0.281. The molecule has 5 rings (SSSR count). The standard InChI is InChI=1S/C25H15ClN2S2/c26-18-10-12-19(13-11-18)30-28-22-9-5-4-8-20(22)24(21-14-15-29-23(21)16-27)25(28)17-6-2-1-3-7-17/h1-15H. The van der Waals surface area contributed by atoms with Gasteiger partial charge in [0.2, 0.25) is 0 Å². The molecule has 0 bridgehead atoms. The summed E-state index contributed by atoms with van der Waals surface area (Å²) in [5.74, 6) is 0. The number of para-hydroxylation sites is 1. The summed E-state index contributed by atoms with van der Waals surface area (Å²) in [6.07, 6.45) is 0. The molecule has 5 aromatic rings. The molecule has 0 saturated heterocycles. The molecule has 0 amide bonds. The fourth-order valence-electron chi connectivity index (χ4n) is 3.63. The van der Waals surface area contributed by atoms with Gasteiger partial charge in [-0.05, 0) is 59.3 Å². The zero-order chi connectivity index (χ0) is 20.5. The normalized spacial score (nSPS) is 10.9. The first-order chi connectivity index (χ1) is 14.8. The summed E-state index contributed by atoms with van der Waals surface area (Å²) in [6, 6.07) is 31.0. The molecule has 0 aliphatic rings. The Bertz CT molecular complexity index is 1380. The van der Waals surface area contributed by atoms with E-state index in [0.29, 0.717) is 0 Å². The maximum Gasteiger partial charge on any atom is 0.112 e. The average Bonchev–Trinajstić information content (AvgIpc) is 3.38. The lowest BCUT2D eigenvalue weighted by Gasteiger charge is -2.12. The second-order valence-electron chi connectivity index (χ2n) is 6.72. The monoisotopic (exact) mass is 442 g/mol. The molecule has 0 unspecified atom stereocenters. The molecule has 0 aliphatic carbocycles. The molecule has 3 aromatic carbocycles. The highest BCUT2D eigenvalue weighted by Gasteiger charge is 2.23. The van der Waals surface area contributed by atoms with Crippen LogP contribution in [0.5, 0.6) is 0 Å². The van der Waals surface area contributed by atoms with Crippen molar-refractivity contribution in [2.45, 2.75) is 4.90 Å². The van der Waals surface area contributed by atoms with Gasteiger partial charge in [-0.1, -0.05) is 60.1 Å². The van der Waals surface area contributed by atoms with E-state index >= 15 is 0 Å². The van der Waals surface area contributed by atoms with Gasteiger partial charge in [-0.15, -0.1) is 11.3 Å². The predicted molar refractivity (Wildman–Crippen MR) is 128 cm³/mol. The van der Waals surface area contributed by atoms with Crippen molar-refractivity contribution in [3.05, 3.63) is 100 Å². The van der Waals surface area contributed by atoms with Crippen molar-refractivity contribution in [1.82, 2.24) is 3.97 Å². The first-order valence-corrected chi connectivity index (χ1v) is 11.4. The van der Waals surface area contributed by atoms with Crippen molar-refractivity contribution in [2.75, 3.05) is 0 Å². The first kappa shape index (κ1) is 19.0. The molecule has 0 atom stereocenters. The van der Waals surface area contributed by atoms with E-state index in [1.54, 1.807) is 11.9 Å². The molecule has 2 aromatic heterocycles. The number of halogens is 1. The molecule has 5 heteroatoms. The van der Waals surface area contributed by atoms with E-state index in [-0.39, 0.29) is 0 Å². The summed E-state index contributed by atoms with van der Waals surface area (Å²) in [4.78, 5) is 1.82. The molecule has 0 aliphatic heterocycles. The SMILES string of the molecule is N#Cc1sccc1-c1c(-c2ccccc2)n(Sc2ccc(Cl)cc2)c2ccccc12. The van der Waals surface area contributed by atoms with E-state index in [4.69, 9.17) is 11.6 Å². The minimum Gasteiger partial charge on any atom is -0.279 e. The predicted octanol–water partition coefficient (Wildman–Crippen LogP) is 8.12. The molecule has 2 nitrogen and oxygen atoms in total. The maximum absolute atomic E-state index is 9.71. The second-order valence-corrected chi connectivity index (χ2v) is 9.09. The van der Waals surface area contributed by atoms with E-state index < -0.39 is 0 Å². The van der Waals surface area contributed by atoms with Gasteiger partial charge in [0.05, 0.1) is 11.2 Å². The highest BCUT2D eigenvalue weighted by Crippen LogP contribution is 2.46. The summed E-state index contributed by atoms with van der Waals surface area (Å²) in [5.41, 5.74) is 5.39. The number of hydrogen-bond donors (Lipinski definition) is 0. The van der Waals surface area contributed by atoms with Gasteiger partial charge in [-0.2, -0.15) is 5.26 Å². The van der Waals surface area contributed by atoms with Gasteiger partial charge in [0.25, 0.3) is 0 Å². The summed E-state index contributed by atoms with van der Waals surface area (Å²) >= 11 is 9.23. The number of benzene rings is 3. The highest BCUT2D eigenvalue weighted by molar-refractivity contribution is 7.98. The number of aromatic nitrogens is 1. The summed E-state index contributed by atoms with van der Waals surface area (Å²) in [7, 11) is 0. The topological polar surface area (TPSA) is 28.7 Å². The minimum atomic E-state index is 0.720. The molecule has 144 valence electrons. The number of thiophene rings is 1. The van der Waals surface area contributed by atoms with Crippen molar-refractivity contribution in [3.63, 3.8) is 0 Å². The largest absolute Gasteiger partial charge is 0.279 e. The van der Waals surface area contributed by atoms with E-state index in [0.717, 1.165) is 48.1 Å². The number of nitrogens with zero attached hydrogens (tertiary/aromatic N) is 2. The molecule has 0 saturated carbocycles. The van der Waals surface area contributed by atoms with Crippen LogP contribution in [0.25, 0.3) is 33.3 Å². The molecule has 30 heavy (non-hydrogen) atoms. The van der Waals surface area contributed by atoms with Gasteiger partial charge in [-0.25, -0.2) is 0 Å². The van der Waals surface area contributed by atoms with E-state index in [1.807, 2.05) is 47.8 Å². The Morgan fingerprint density at radius 3 is 2.37 bits per heavy atom. The van der Waals surface area contributed by atoms with E-state index in [2.05, 4.69) is 52.5 Å². The minimum absolute atomic E-state index is 0.720. The van der Waals surface area contributed by atoms with Crippen LogP contribution in [0.4, 0.5) is 0 Å². The Balaban J connectivity index is 1.85. The zero-order valence-corrected chi connectivity index (χ0v) is 18.1. The molecule has 0 fully saturated rings. The molecular formula is C25H15ClN2S2. The van der Waals surface area contributed by atoms with Crippen LogP contribution in [0.1, 0.15) is 4.88 Å². The smallest absolute Gasteiger partial charge is 0.112 e. The van der Waals surface area contributed by atoms with Crippen LogP contribution in [-0.4, -0.2) is 3.97 Å². The van der Waals surface area contributed by atoms with Gasteiger partial charge in [-0.3, -0.25) is 3.97 Å². The third-order valence-corrected chi connectivity index (χ3v) is 7.04. The lowest BCUT2D eigenvalue weighted by Crippen LogP contribution is -1.92. The number of hydrogen-bond acceptors (Lipinski definition) is 3. The van der Waals surface area contributed by atoms with Gasteiger partial charge >= 0.3 is 0 Å². The van der Waals surface area contributed by atoms with E-state index in [1.165, 1.54) is 11.3 Å². The number of rotatable bonds is 4. The van der Waals surface area contributed by atoms with Crippen LogP contribution in [0, 0.1) is 11.3 Å². The molecule has 0 N–H and O–H groups in total. The van der Waals surface area contributed by atoms with Crippen LogP contribution in [0.2, 0.25) is 5.02 Å². The van der Waals surface area contributed by atoms with Crippen molar-refractivity contribution in [1.29, 1.82) is 5.26 Å². The maximum atomic E-state index is 9.71. The van der Waals surface area contributed by atoms with Crippen molar-refractivity contribution >= 4 is 45.8 Å². The Kier molecular flexibility index (Phi) is 5.10. The molecule has 2 heterocycles.